The molecular weight excluding hydrogens is 283 g/mol. The van der Waals surface area contributed by atoms with Crippen LogP contribution in [-0.4, -0.2) is 54.2 Å². The van der Waals surface area contributed by atoms with Crippen molar-refractivity contribution in [3.8, 4) is 0 Å². The molecule has 1 heterocycles. The lowest BCUT2D eigenvalue weighted by Gasteiger charge is -2.41. The van der Waals surface area contributed by atoms with Crippen molar-refractivity contribution in [1.29, 1.82) is 0 Å². The monoisotopic (exact) mass is 302 g/mol. The van der Waals surface area contributed by atoms with Gasteiger partial charge in [0, 0.05) is 41.3 Å². The molecule has 1 N–H and O–H groups in total. The van der Waals surface area contributed by atoms with Crippen LogP contribution < -0.4 is 0 Å². The van der Waals surface area contributed by atoms with Crippen molar-refractivity contribution in [3.05, 3.63) is 33.8 Å². The van der Waals surface area contributed by atoms with Crippen LogP contribution in [0, 0.1) is 0 Å². The zero-order valence-corrected chi connectivity index (χ0v) is 12.8. The fourth-order valence-corrected chi connectivity index (χ4v) is 3.23. The van der Waals surface area contributed by atoms with E-state index in [1.54, 1.807) is 0 Å². The number of piperazine rings is 1. The molecule has 0 aliphatic carbocycles. The van der Waals surface area contributed by atoms with Crippen LogP contribution in [0.3, 0.4) is 0 Å². The summed E-state index contributed by atoms with van der Waals surface area (Å²) in [4.78, 5) is 4.58. The second-order valence-electron chi connectivity index (χ2n) is 5.16. The molecule has 2 rings (SSSR count). The summed E-state index contributed by atoms with van der Waals surface area (Å²) in [6.45, 7) is 5.02. The molecule has 0 radical (unpaired) electrons. The minimum atomic E-state index is -0.127. The molecule has 19 heavy (non-hydrogen) atoms. The molecule has 2 atom stereocenters. The molecule has 0 bridgehead atoms. The number of hydrogen-bond donors (Lipinski definition) is 1. The number of hydrogen-bond acceptors (Lipinski definition) is 3. The SMILES string of the molecule is CC1CN(C(CO)c2c(Cl)cccc2Cl)CCN1C. The van der Waals surface area contributed by atoms with Crippen molar-refractivity contribution in [1.82, 2.24) is 9.80 Å². The fraction of sp³-hybridized carbons (Fsp3) is 0.571. The lowest BCUT2D eigenvalue weighted by atomic mass is 10.0. The van der Waals surface area contributed by atoms with Gasteiger partial charge < -0.3 is 10.0 Å². The van der Waals surface area contributed by atoms with Crippen molar-refractivity contribution in [2.24, 2.45) is 0 Å². The smallest absolute Gasteiger partial charge is 0.0629 e. The number of halogens is 2. The van der Waals surface area contributed by atoms with Gasteiger partial charge in [0.2, 0.25) is 0 Å². The van der Waals surface area contributed by atoms with Gasteiger partial charge in [-0.25, -0.2) is 0 Å². The Morgan fingerprint density at radius 2 is 1.95 bits per heavy atom. The minimum absolute atomic E-state index is 0.0277. The third kappa shape index (κ3) is 3.23. The summed E-state index contributed by atoms with van der Waals surface area (Å²) < 4.78 is 0. The Labute approximate surface area is 124 Å². The first-order chi connectivity index (χ1) is 9.04. The predicted molar refractivity (Wildman–Crippen MR) is 80.0 cm³/mol. The van der Waals surface area contributed by atoms with Crippen LogP contribution >= 0.6 is 23.2 Å². The molecule has 1 fully saturated rings. The molecule has 3 nitrogen and oxygen atoms in total. The van der Waals surface area contributed by atoms with Gasteiger partial charge in [-0.05, 0) is 26.1 Å². The Kier molecular flexibility index (Phi) is 5.09. The molecule has 1 saturated heterocycles. The molecule has 5 heteroatoms. The Morgan fingerprint density at radius 3 is 2.47 bits per heavy atom. The lowest BCUT2D eigenvalue weighted by molar-refractivity contribution is 0.0464. The molecule has 0 aromatic heterocycles. The largest absolute Gasteiger partial charge is 0.394 e. The van der Waals surface area contributed by atoms with Gasteiger partial charge in [0.1, 0.15) is 0 Å². The van der Waals surface area contributed by atoms with E-state index in [4.69, 9.17) is 23.2 Å². The van der Waals surface area contributed by atoms with Gasteiger partial charge in [-0.2, -0.15) is 0 Å². The third-order valence-corrected chi connectivity index (χ3v) is 4.60. The van der Waals surface area contributed by atoms with Crippen molar-refractivity contribution < 1.29 is 5.11 Å². The van der Waals surface area contributed by atoms with E-state index < -0.39 is 0 Å². The van der Waals surface area contributed by atoms with Crippen LogP contribution in [0.2, 0.25) is 10.0 Å². The average Bonchev–Trinajstić information content (AvgIpc) is 2.37. The van der Waals surface area contributed by atoms with Crippen LogP contribution in [0.15, 0.2) is 18.2 Å². The van der Waals surface area contributed by atoms with E-state index in [0.29, 0.717) is 16.1 Å². The summed E-state index contributed by atoms with van der Waals surface area (Å²) >= 11 is 12.5. The molecule has 0 spiro atoms. The molecule has 106 valence electrons. The summed E-state index contributed by atoms with van der Waals surface area (Å²) in [5.74, 6) is 0. The van der Waals surface area contributed by atoms with Crippen molar-refractivity contribution in [2.75, 3.05) is 33.3 Å². The van der Waals surface area contributed by atoms with E-state index in [-0.39, 0.29) is 12.6 Å². The van der Waals surface area contributed by atoms with Crippen molar-refractivity contribution in [2.45, 2.75) is 19.0 Å². The normalized spacial score (nSPS) is 23.5. The van der Waals surface area contributed by atoms with Crippen LogP contribution in [-0.2, 0) is 0 Å². The Balaban J connectivity index is 2.25. The molecule has 1 aliphatic rings. The quantitative estimate of drug-likeness (QED) is 0.930. The Morgan fingerprint density at radius 1 is 1.32 bits per heavy atom. The van der Waals surface area contributed by atoms with Gasteiger partial charge in [-0.3, -0.25) is 4.90 Å². The van der Waals surface area contributed by atoms with E-state index in [1.807, 2.05) is 18.2 Å². The summed E-state index contributed by atoms with van der Waals surface area (Å²) in [6.07, 6.45) is 0. The highest BCUT2D eigenvalue weighted by molar-refractivity contribution is 6.36. The van der Waals surface area contributed by atoms with Gasteiger partial charge in [-0.1, -0.05) is 29.3 Å². The van der Waals surface area contributed by atoms with Gasteiger partial charge in [-0.15, -0.1) is 0 Å². The van der Waals surface area contributed by atoms with E-state index >= 15 is 0 Å². The molecule has 1 aliphatic heterocycles. The Bertz CT molecular complexity index is 421. The van der Waals surface area contributed by atoms with Gasteiger partial charge in [0.05, 0.1) is 12.6 Å². The first-order valence-electron chi connectivity index (χ1n) is 6.53. The lowest BCUT2D eigenvalue weighted by Crippen LogP contribution is -2.51. The van der Waals surface area contributed by atoms with E-state index in [0.717, 1.165) is 25.2 Å². The highest BCUT2D eigenvalue weighted by Crippen LogP contribution is 2.34. The molecular formula is C14H20Cl2N2O. The standard InChI is InChI=1S/C14H20Cl2N2O/c1-10-8-18(7-6-17(10)2)13(9-19)14-11(15)4-3-5-12(14)16/h3-5,10,13,19H,6-9H2,1-2H3. The Hall–Kier alpha value is -0.320. The minimum Gasteiger partial charge on any atom is -0.394 e. The third-order valence-electron chi connectivity index (χ3n) is 3.94. The summed E-state index contributed by atoms with van der Waals surface area (Å²) in [7, 11) is 2.12. The number of aliphatic hydroxyl groups excluding tert-OH is 1. The van der Waals surface area contributed by atoms with E-state index in [9.17, 15) is 5.11 Å². The second-order valence-corrected chi connectivity index (χ2v) is 5.97. The van der Waals surface area contributed by atoms with Crippen molar-refractivity contribution >= 4 is 23.2 Å². The first-order valence-corrected chi connectivity index (χ1v) is 7.29. The fourth-order valence-electron chi connectivity index (χ4n) is 2.58. The number of benzene rings is 1. The topological polar surface area (TPSA) is 26.7 Å². The van der Waals surface area contributed by atoms with Crippen LogP contribution in [0.5, 0.6) is 0 Å². The molecule has 0 amide bonds. The predicted octanol–water partition coefficient (Wildman–Crippen LogP) is 2.66. The number of likely N-dealkylation sites (N-methyl/N-ethyl adjacent to an activating group) is 1. The molecule has 1 aromatic rings. The molecule has 2 unspecified atom stereocenters. The highest BCUT2D eigenvalue weighted by Gasteiger charge is 2.29. The molecule has 0 saturated carbocycles. The van der Waals surface area contributed by atoms with Gasteiger partial charge in [0.25, 0.3) is 0 Å². The highest BCUT2D eigenvalue weighted by atomic mass is 35.5. The number of rotatable bonds is 3. The zero-order valence-electron chi connectivity index (χ0n) is 11.3. The van der Waals surface area contributed by atoms with E-state index in [2.05, 4.69) is 23.8 Å². The van der Waals surface area contributed by atoms with Gasteiger partial charge >= 0.3 is 0 Å². The first kappa shape index (κ1) is 15.1. The molecule has 1 aromatic carbocycles. The van der Waals surface area contributed by atoms with E-state index in [1.165, 1.54) is 0 Å². The average molecular weight is 303 g/mol. The van der Waals surface area contributed by atoms with Crippen LogP contribution in [0.4, 0.5) is 0 Å². The number of nitrogens with zero attached hydrogens (tertiary/aromatic N) is 2. The summed E-state index contributed by atoms with van der Waals surface area (Å²) in [6, 6.07) is 5.81. The van der Waals surface area contributed by atoms with Crippen LogP contribution in [0.1, 0.15) is 18.5 Å². The maximum Gasteiger partial charge on any atom is 0.0629 e. The number of aliphatic hydroxyl groups is 1. The zero-order chi connectivity index (χ0) is 14.0. The summed E-state index contributed by atoms with van der Waals surface area (Å²) in [5.41, 5.74) is 0.838. The maximum absolute atomic E-state index is 9.76. The second kappa shape index (κ2) is 6.42. The van der Waals surface area contributed by atoms with Crippen molar-refractivity contribution in [3.63, 3.8) is 0 Å². The maximum atomic E-state index is 9.76. The van der Waals surface area contributed by atoms with Crippen LogP contribution in [0.25, 0.3) is 0 Å². The van der Waals surface area contributed by atoms with Gasteiger partial charge in [0.15, 0.2) is 0 Å². The summed E-state index contributed by atoms with van der Waals surface area (Å²) in [5, 5.41) is 11.0.